The van der Waals surface area contributed by atoms with E-state index in [0.717, 1.165) is 19.4 Å². The quantitative estimate of drug-likeness (QED) is 0.720. The first-order chi connectivity index (χ1) is 7.61. The van der Waals surface area contributed by atoms with Crippen LogP contribution < -0.4 is 5.32 Å². The van der Waals surface area contributed by atoms with Crippen molar-refractivity contribution in [1.29, 1.82) is 0 Å². The SMILES string of the molecule is CC1=C(C)C(=O)N(CCC2CCCN2)C1=O. The first-order valence-corrected chi connectivity index (χ1v) is 5.88. The Morgan fingerprint density at radius 3 is 2.38 bits per heavy atom. The van der Waals surface area contributed by atoms with Gasteiger partial charge in [0.25, 0.3) is 11.8 Å². The molecule has 4 nitrogen and oxygen atoms in total. The highest BCUT2D eigenvalue weighted by Crippen LogP contribution is 2.20. The van der Waals surface area contributed by atoms with Crippen molar-refractivity contribution in [3.05, 3.63) is 11.1 Å². The Hall–Kier alpha value is -1.16. The lowest BCUT2D eigenvalue weighted by Gasteiger charge is -2.17. The minimum Gasteiger partial charge on any atom is -0.314 e. The third-order valence-corrected chi connectivity index (χ3v) is 3.56. The summed E-state index contributed by atoms with van der Waals surface area (Å²) in [4.78, 5) is 24.9. The van der Waals surface area contributed by atoms with E-state index >= 15 is 0 Å². The molecule has 1 unspecified atom stereocenters. The maximum Gasteiger partial charge on any atom is 0.256 e. The van der Waals surface area contributed by atoms with Crippen LogP contribution in [0.5, 0.6) is 0 Å². The zero-order valence-electron chi connectivity index (χ0n) is 9.88. The number of nitrogens with zero attached hydrogens (tertiary/aromatic N) is 1. The zero-order chi connectivity index (χ0) is 11.7. The van der Waals surface area contributed by atoms with Crippen LogP contribution >= 0.6 is 0 Å². The molecule has 4 heteroatoms. The third kappa shape index (κ3) is 1.89. The molecular weight excluding hydrogens is 204 g/mol. The van der Waals surface area contributed by atoms with E-state index in [9.17, 15) is 9.59 Å². The van der Waals surface area contributed by atoms with Crippen LogP contribution in [0.1, 0.15) is 33.1 Å². The molecule has 1 fully saturated rings. The summed E-state index contributed by atoms with van der Waals surface area (Å²) in [6.45, 7) is 5.06. The lowest BCUT2D eigenvalue weighted by Crippen LogP contribution is -2.35. The van der Waals surface area contributed by atoms with Gasteiger partial charge in [0.05, 0.1) is 0 Å². The Kier molecular flexibility index (Phi) is 3.10. The summed E-state index contributed by atoms with van der Waals surface area (Å²) in [5, 5.41) is 3.37. The summed E-state index contributed by atoms with van der Waals surface area (Å²) < 4.78 is 0. The predicted octanol–water partition coefficient (Wildman–Crippen LogP) is 0.834. The van der Waals surface area contributed by atoms with E-state index in [1.165, 1.54) is 11.3 Å². The average molecular weight is 222 g/mol. The Morgan fingerprint density at radius 2 is 1.88 bits per heavy atom. The zero-order valence-corrected chi connectivity index (χ0v) is 9.88. The number of rotatable bonds is 3. The van der Waals surface area contributed by atoms with Crippen LogP contribution in [0.25, 0.3) is 0 Å². The van der Waals surface area contributed by atoms with E-state index in [1.807, 2.05) is 0 Å². The van der Waals surface area contributed by atoms with Gasteiger partial charge < -0.3 is 5.32 Å². The van der Waals surface area contributed by atoms with Crippen LogP contribution in [0.3, 0.4) is 0 Å². The molecule has 1 saturated heterocycles. The average Bonchev–Trinajstić information content (AvgIpc) is 2.84. The van der Waals surface area contributed by atoms with Gasteiger partial charge in [0.1, 0.15) is 0 Å². The van der Waals surface area contributed by atoms with Gasteiger partial charge in [-0.15, -0.1) is 0 Å². The van der Waals surface area contributed by atoms with Gasteiger partial charge in [-0.05, 0) is 39.7 Å². The van der Waals surface area contributed by atoms with Crippen LogP contribution in [-0.4, -0.2) is 35.8 Å². The van der Waals surface area contributed by atoms with Crippen molar-refractivity contribution in [1.82, 2.24) is 10.2 Å². The van der Waals surface area contributed by atoms with Crippen molar-refractivity contribution >= 4 is 11.8 Å². The summed E-state index contributed by atoms with van der Waals surface area (Å²) in [7, 11) is 0. The van der Waals surface area contributed by atoms with Crippen LogP contribution in [-0.2, 0) is 9.59 Å². The van der Waals surface area contributed by atoms with E-state index in [1.54, 1.807) is 13.8 Å². The number of nitrogens with one attached hydrogen (secondary N) is 1. The molecule has 16 heavy (non-hydrogen) atoms. The molecule has 0 aromatic rings. The molecule has 0 radical (unpaired) electrons. The lowest BCUT2D eigenvalue weighted by molar-refractivity contribution is -0.137. The molecule has 2 aliphatic heterocycles. The molecule has 0 saturated carbocycles. The Bertz CT molecular complexity index is 330. The fraction of sp³-hybridized carbons (Fsp3) is 0.667. The van der Waals surface area contributed by atoms with Crippen molar-refractivity contribution < 1.29 is 9.59 Å². The Balaban J connectivity index is 1.92. The highest BCUT2D eigenvalue weighted by atomic mass is 16.2. The maximum atomic E-state index is 11.8. The van der Waals surface area contributed by atoms with Gasteiger partial charge >= 0.3 is 0 Å². The fourth-order valence-electron chi connectivity index (χ4n) is 2.31. The monoisotopic (exact) mass is 222 g/mol. The smallest absolute Gasteiger partial charge is 0.256 e. The summed E-state index contributed by atoms with van der Waals surface area (Å²) in [5.74, 6) is -0.221. The lowest BCUT2D eigenvalue weighted by atomic mass is 10.1. The number of carbonyl (C=O) groups is 2. The molecule has 2 rings (SSSR count). The second-order valence-electron chi connectivity index (χ2n) is 4.59. The van der Waals surface area contributed by atoms with Crippen LogP contribution in [0, 0.1) is 0 Å². The largest absolute Gasteiger partial charge is 0.314 e. The van der Waals surface area contributed by atoms with Gasteiger partial charge in [-0.2, -0.15) is 0 Å². The molecule has 0 bridgehead atoms. The predicted molar refractivity (Wildman–Crippen MR) is 60.7 cm³/mol. The van der Waals surface area contributed by atoms with Gasteiger partial charge in [-0.1, -0.05) is 0 Å². The topological polar surface area (TPSA) is 49.4 Å². The van der Waals surface area contributed by atoms with Crippen molar-refractivity contribution in [2.45, 2.75) is 39.2 Å². The third-order valence-electron chi connectivity index (χ3n) is 3.56. The molecule has 0 spiro atoms. The molecule has 2 aliphatic rings. The van der Waals surface area contributed by atoms with Crippen LogP contribution in [0.2, 0.25) is 0 Å². The number of imide groups is 1. The van der Waals surface area contributed by atoms with Gasteiger partial charge in [0, 0.05) is 23.7 Å². The second-order valence-corrected chi connectivity index (χ2v) is 4.59. The maximum absolute atomic E-state index is 11.8. The molecule has 2 amide bonds. The fourth-order valence-corrected chi connectivity index (χ4v) is 2.31. The summed E-state index contributed by atoms with van der Waals surface area (Å²) >= 11 is 0. The molecule has 0 aromatic carbocycles. The normalized spacial score (nSPS) is 26.1. The minimum atomic E-state index is -0.111. The van der Waals surface area contributed by atoms with E-state index in [4.69, 9.17) is 0 Å². The highest BCUT2D eigenvalue weighted by molar-refractivity contribution is 6.18. The number of hydrogen-bond donors (Lipinski definition) is 1. The van der Waals surface area contributed by atoms with E-state index in [2.05, 4.69) is 5.32 Å². The molecule has 2 heterocycles. The van der Waals surface area contributed by atoms with Gasteiger partial charge in [-0.25, -0.2) is 0 Å². The number of carbonyl (C=O) groups excluding carboxylic acids is 2. The Labute approximate surface area is 95.7 Å². The first kappa shape index (κ1) is 11.3. The van der Waals surface area contributed by atoms with Gasteiger partial charge in [0.2, 0.25) is 0 Å². The molecule has 1 N–H and O–H groups in total. The van der Waals surface area contributed by atoms with E-state index in [-0.39, 0.29) is 11.8 Å². The van der Waals surface area contributed by atoms with Gasteiger partial charge in [0.15, 0.2) is 0 Å². The first-order valence-electron chi connectivity index (χ1n) is 5.88. The van der Waals surface area contributed by atoms with Crippen LogP contribution in [0.4, 0.5) is 0 Å². The minimum absolute atomic E-state index is 0.111. The molecule has 0 aliphatic carbocycles. The molecule has 1 atom stereocenters. The summed E-state index contributed by atoms with van der Waals surface area (Å²) in [5.41, 5.74) is 1.20. The second kappa shape index (κ2) is 4.37. The molecular formula is C12H18N2O2. The highest BCUT2D eigenvalue weighted by Gasteiger charge is 2.33. The van der Waals surface area contributed by atoms with E-state index in [0.29, 0.717) is 23.7 Å². The standard InChI is InChI=1S/C12H18N2O2/c1-8-9(2)12(16)14(11(8)15)7-5-10-4-3-6-13-10/h10,13H,3-7H2,1-2H3. The number of hydrogen-bond acceptors (Lipinski definition) is 3. The summed E-state index contributed by atoms with van der Waals surface area (Å²) in [6, 6.07) is 0.474. The van der Waals surface area contributed by atoms with Crippen molar-refractivity contribution in [3.8, 4) is 0 Å². The van der Waals surface area contributed by atoms with Crippen molar-refractivity contribution in [2.75, 3.05) is 13.1 Å². The van der Waals surface area contributed by atoms with Crippen LogP contribution in [0.15, 0.2) is 11.1 Å². The summed E-state index contributed by atoms with van der Waals surface area (Å²) in [6.07, 6.45) is 3.22. The van der Waals surface area contributed by atoms with Crippen molar-refractivity contribution in [2.24, 2.45) is 0 Å². The molecule has 88 valence electrons. The molecule has 0 aromatic heterocycles. The van der Waals surface area contributed by atoms with Crippen molar-refractivity contribution in [3.63, 3.8) is 0 Å². The Morgan fingerprint density at radius 1 is 1.25 bits per heavy atom. The van der Waals surface area contributed by atoms with E-state index < -0.39 is 0 Å². The van der Waals surface area contributed by atoms with Gasteiger partial charge in [-0.3, -0.25) is 14.5 Å². The number of amides is 2.